The summed E-state index contributed by atoms with van der Waals surface area (Å²) in [5.74, 6) is 1.99. The normalized spacial score (nSPS) is 25.0. The van der Waals surface area contributed by atoms with Crippen LogP contribution in [0.25, 0.3) is 0 Å². The molecule has 0 amide bonds. The molecule has 2 atom stereocenters. The third-order valence-electron chi connectivity index (χ3n) is 6.21. The van der Waals surface area contributed by atoms with Crippen molar-refractivity contribution < 1.29 is 9.53 Å². The van der Waals surface area contributed by atoms with Crippen molar-refractivity contribution in [2.45, 2.75) is 31.7 Å². The molecule has 1 saturated heterocycles. The highest BCUT2D eigenvalue weighted by molar-refractivity contribution is 5.82. The van der Waals surface area contributed by atoms with Crippen LogP contribution in [-0.4, -0.2) is 31.1 Å². The van der Waals surface area contributed by atoms with Gasteiger partial charge in [-0.15, -0.1) is 0 Å². The van der Waals surface area contributed by atoms with Crippen LogP contribution in [0.1, 0.15) is 36.5 Å². The van der Waals surface area contributed by atoms with Gasteiger partial charge >= 0.3 is 5.97 Å². The van der Waals surface area contributed by atoms with Crippen LogP contribution in [-0.2, 0) is 21.5 Å². The van der Waals surface area contributed by atoms with Gasteiger partial charge in [0.25, 0.3) is 0 Å². The summed E-state index contributed by atoms with van der Waals surface area (Å²) < 4.78 is 4.99. The summed E-state index contributed by atoms with van der Waals surface area (Å²) >= 11 is 0. The summed E-state index contributed by atoms with van der Waals surface area (Å²) in [5, 5.41) is 0. The minimum Gasteiger partial charge on any atom is -0.468 e. The zero-order valence-corrected chi connectivity index (χ0v) is 15.8. The largest absolute Gasteiger partial charge is 0.468 e. The molecule has 1 saturated carbocycles. The van der Waals surface area contributed by atoms with Crippen LogP contribution < -0.4 is 0 Å². The second-order valence-electron chi connectivity index (χ2n) is 8.28. The number of carbonyl (C=O) groups is 1. The lowest BCUT2D eigenvalue weighted by Crippen LogP contribution is -2.30. The van der Waals surface area contributed by atoms with Crippen LogP contribution in [0.5, 0.6) is 0 Å². The van der Waals surface area contributed by atoms with Gasteiger partial charge in [-0.05, 0) is 48.3 Å². The topological polar surface area (TPSA) is 29.5 Å². The smallest absolute Gasteiger partial charge is 0.315 e. The molecular formula is C23H27NO2. The molecule has 2 aliphatic rings. The average Bonchev–Trinajstić information content (AvgIpc) is 3.17. The minimum absolute atomic E-state index is 0.181. The number of methoxy groups -OCH3 is 1. The van der Waals surface area contributed by atoms with Gasteiger partial charge in [-0.3, -0.25) is 9.69 Å². The summed E-state index contributed by atoms with van der Waals surface area (Å²) in [5.41, 5.74) is 3.22. The van der Waals surface area contributed by atoms with E-state index >= 15 is 0 Å². The lowest BCUT2D eigenvalue weighted by Gasteiger charge is -2.23. The standard InChI is InChI=1S/C23H27NO2/c1-23(2,22(25)26-3)18-11-7-10-17(12-18)21-19-14-24(15-20(19)21)13-16-8-5-4-6-9-16/h4-12,19-21H,13-15H2,1-3H3. The predicted octanol–water partition coefficient (Wildman–Crippen LogP) is 3.98. The summed E-state index contributed by atoms with van der Waals surface area (Å²) in [6.45, 7) is 7.28. The van der Waals surface area contributed by atoms with Crippen molar-refractivity contribution in [1.29, 1.82) is 0 Å². The Morgan fingerprint density at radius 2 is 1.77 bits per heavy atom. The number of hydrogen-bond donors (Lipinski definition) is 0. The van der Waals surface area contributed by atoms with Gasteiger partial charge < -0.3 is 4.74 Å². The fraction of sp³-hybridized carbons (Fsp3) is 0.435. The molecule has 0 radical (unpaired) electrons. The fourth-order valence-electron chi connectivity index (χ4n) is 4.59. The Morgan fingerprint density at radius 3 is 2.42 bits per heavy atom. The maximum atomic E-state index is 12.1. The molecule has 0 aromatic heterocycles. The van der Waals surface area contributed by atoms with Gasteiger partial charge in [-0.1, -0.05) is 54.6 Å². The SMILES string of the molecule is COC(=O)C(C)(C)c1cccc(C2C3CN(Cc4ccccc4)CC32)c1. The molecule has 0 N–H and O–H groups in total. The van der Waals surface area contributed by atoms with Gasteiger partial charge in [0, 0.05) is 19.6 Å². The number of hydrogen-bond acceptors (Lipinski definition) is 3. The second kappa shape index (κ2) is 6.55. The minimum atomic E-state index is -0.603. The molecule has 2 aromatic rings. The van der Waals surface area contributed by atoms with Gasteiger partial charge in [0.05, 0.1) is 12.5 Å². The third-order valence-corrected chi connectivity index (χ3v) is 6.21. The number of likely N-dealkylation sites (tertiary alicyclic amines) is 1. The molecule has 1 aliphatic carbocycles. The molecule has 0 spiro atoms. The summed E-state index contributed by atoms with van der Waals surface area (Å²) in [4.78, 5) is 14.7. The maximum Gasteiger partial charge on any atom is 0.315 e. The highest BCUT2D eigenvalue weighted by atomic mass is 16.5. The summed E-state index contributed by atoms with van der Waals surface area (Å²) in [6, 6.07) is 19.3. The number of nitrogens with zero attached hydrogens (tertiary/aromatic N) is 1. The quantitative estimate of drug-likeness (QED) is 0.765. The van der Waals surface area contributed by atoms with Gasteiger partial charge in [0.2, 0.25) is 0 Å². The van der Waals surface area contributed by atoms with Crippen molar-refractivity contribution in [1.82, 2.24) is 4.90 Å². The molecule has 3 heteroatoms. The Balaban J connectivity index is 1.43. The molecule has 0 bridgehead atoms. The molecule has 1 heterocycles. The number of carbonyl (C=O) groups excluding carboxylic acids is 1. The van der Waals surface area contributed by atoms with E-state index in [2.05, 4.69) is 53.4 Å². The van der Waals surface area contributed by atoms with Crippen molar-refractivity contribution in [2.24, 2.45) is 11.8 Å². The predicted molar refractivity (Wildman–Crippen MR) is 103 cm³/mol. The Labute approximate surface area is 156 Å². The second-order valence-corrected chi connectivity index (χ2v) is 8.28. The highest BCUT2D eigenvalue weighted by Crippen LogP contribution is 2.58. The summed E-state index contributed by atoms with van der Waals surface area (Å²) in [7, 11) is 1.46. The molecule has 2 unspecified atom stereocenters. The Kier molecular flexibility index (Phi) is 4.36. The van der Waals surface area contributed by atoms with Gasteiger partial charge in [0.15, 0.2) is 0 Å². The number of benzene rings is 2. The van der Waals surface area contributed by atoms with E-state index in [-0.39, 0.29) is 5.97 Å². The van der Waals surface area contributed by atoms with E-state index in [0.717, 1.165) is 23.9 Å². The van der Waals surface area contributed by atoms with Gasteiger partial charge in [0.1, 0.15) is 0 Å². The molecule has 3 nitrogen and oxygen atoms in total. The van der Waals surface area contributed by atoms with Gasteiger partial charge in [-0.25, -0.2) is 0 Å². The molecule has 4 rings (SSSR count). The van der Waals surface area contributed by atoms with Crippen molar-refractivity contribution in [2.75, 3.05) is 20.2 Å². The van der Waals surface area contributed by atoms with Crippen LogP contribution in [0.15, 0.2) is 54.6 Å². The van der Waals surface area contributed by atoms with Crippen molar-refractivity contribution in [3.63, 3.8) is 0 Å². The first-order chi connectivity index (χ1) is 12.5. The molecule has 136 valence electrons. The van der Waals surface area contributed by atoms with E-state index in [1.165, 1.54) is 31.3 Å². The number of rotatable bonds is 5. The van der Waals surface area contributed by atoms with Crippen molar-refractivity contribution in [3.05, 3.63) is 71.3 Å². The average molecular weight is 349 g/mol. The molecule has 26 heavy (non-hydrogen) atoms. The number of ether oxygens (including phenoxy) is 1. The van der Waals surface area contributed by atoms with Crippen molar-refractivity contribution >= 4 is 5.97 Å². The number of fused-ring (bicyclic) bond motifs is 1. The highest BCUT2D eigenvalue weighted by Gasteiger charge is 2.56. The third kappa shape index (κ3) is 3.05. The molecule has 1 aliphatic heterocycles. The van der Waals surface area contributed by atoms with Gasteiger partial charge in [-0.2, -0.15) is 0 Å². The molecular weight excluding hydrogens is 322 g/mol. The lowest BCUT2D eigenvalue weighted by molar-refractivity contribution is -0.146. The van der Waals surface area contributed by atoms with Crippen LogP contribution in [0.4, 0.5) is 0 Å². The van der Waals surface area contributed by atoms with E-state index < -0.39 is 5.41 Å². The van der Waals surface area contributed by atoms with Crippen LogP contribution in [0.2, 0.25) is 0 Å². The monoisotopic (exact) mass is 349 g/mol. The first kappa shape index (κ1) is 17.3. The Morgan fingerprint density at radius 1 is 1.08 bits per heavy atom. The van der Waals surface area contributed by atoms with Crippen LogP contribution >= 0.6 is 0 Å². The summed E-state index contributed by atoms with van der Waals surface area (Å²) in [6.07, 6.45) is 0. The van der Waals surface area contributed by atoms with E-state index in [1.807, 2.05) is 19.9 Å². The van der Waals surface area contributed by atoms with Crippen LogP contribution in [0.3, 0.4) is 0 Å². The fourth-order valence-corrected chi connectivity index (χ4v) is 4.59. The van der Waals surface area contributed by atoms with E-state index in [4.69, 9.17) is 4.74 Å². The molecule has 2 aromatic carbocycles. The Bertz CT molecular complexity index is 787. The zero-order valence-electron chi connectivity index (χ0n) is 15.8. The number of esters is 1. The molecule has 2 fully saturated rings. The Hall–Kier alpha value is -2.13. The van der Waals surface area contributed by atoms with Crippen LogP contribution in [0, 0.1) is 11.8 Å². The number of piperidine rings is 1. The van der Waals surface area contributed by atoms with Crippen molar-refractivity contribution in [3.8, 4) is 0 Å². The first-order valence-electron chi connectivity index (χ1n) is 9.46. The van der Waals surface area contributed by atoms with E-state index in [9.17, 15) is 4.79 Å². The van der Waals surface area contributed by atoms with E-state index in [1.54, 1.807) is 0 Å². The first-order valence-corrected chi connectivity index (χ1v) is 9.46. The van der Waals surface area contributed by atoms with E-state index in [0.29, 0.717) is 5.92 Å². The zero-order chi connectivity index (χ0) is 18.3. The maximum absolute atomic E-state index is 12.1. The lowest BCUT2D eigenvalue weighted by atomic mass is 9.83.